The molecule has 4 rings (SSSR count). The molecule has 2 bridgehead atoms. The van der Waals surface area contributed by atoms with Crippen molar-refractivity contribution in [3.63, 3.8) is 0 Å². The average molecular weight is 559 g/mol. The van der Waals surface area contributed by atoms with Crippen molar-refractivity contribution in [3.8, 4) is 0 Å². The standard InChI is InChI=1S/C30H46N4O4S/c1-7-14-31-27(36)24-23-16-19(6)30(39-23)25(24)29(38)34(22(17-35)15-18(4)5)26(30)28(37)32-20-10-12-21(13-11-20)33(8-2)9-3/h10-13,18-19,22-26,35H,7-9,14-17H2,1-6H3,(H,31,36)(H,32,37)/t19?,22-,23-,24+,25+,26?,30?/m1/s1. The zero-order valence-corrected chi connectivity index (χ0v) is 25.1. The maximum Gasteiger partial charge on any atom is 0.248 e. The number of thioether (sulfide) groups is 1. The highest BCUT2D eigenvalue weighted by Crippen LogP contribution is 2.68. The van der Waals surface area contributed by atoms with Crippen LogP contribution in [0.3, 0.4) is 0 Å². The summed E-state index contributed by atoms with van der Waals surface area (Å²) in [6.45, 7) is 14.6. The van der Waals surface area contributed by atoms with E-state index in [1.54, 1.807) is 16.7 Å². The van der Waals surface area contributed by atoms with Gasteiger partial charge in [0.25, 0.3) is 0 Å². The van der Waals surface area contributed by atoms with E-state index >= 15 is 0 Å². The van der Waals surface area contributed by atoms with Crippen molar-refractivity contribution in [1.29, 1.82) is 0 Å². The Kier molecular flexibility index (Phi) is 9.21. The van der Waals surface area contributed by atoms with Crippen LogP contribution in [0.25, 0.3) is 0 Å². The second kappa shape index (κ2) is 12.1. The fourth-order valence-electron chi connectivity index (χ4n) is 7.19. The molecule has 7 atom stereocenters. The normalized spacial score (nSPS) is 30.0. The topological polar surface area (TPSA) is 102 Å². The van der Waals surface area contributed by atoms with E-state index in [-0.39, 0.29) is 41.4 Å². The molecular formula is C30H46N4O4S. The number of amides is 3. The summed E-state index contributed by atoms with van der Waals surface area (Å²) in [5.74, 6) is -1.20. The van der Waals surface area contributed by atoms with Crippen LogP contribution >= 0.6 is 11.8 Å². The van der Waals surface area contributed by atoms with E-state index in [9.17, 15) is 19.5 Å². The summed E-state index contributed by atoms with van der Waals surface area (Å²) in [7, 11) is 0. The average Bonchev–Trinajstić information content (AvgIpc) is 3.51. The van der Waals surface area contributed by atoms with Crippen LogP contribution < -0.4 is 15.5 Å². The molecule has 0 aliphatic carbocycles. The Labute approximate surface area is 237 Å². The fraction of sp³-hybridized carbons (Fsp3) is 0.700. The number of nitrogens with zero attached hydrogens (tertiary/aromatic N) is 2. The quantitative estimate of drug-likeness (QED) is 0.361. The summed E-state index contributed by atoms with van der Waals surface area (Å²) in [5, 5.41) is 16.6. The van der Waals surface area contributed by atoms with Gasteiger partial charge in [0.15, 0.2) is 0 Å². The number of hydrogen-bond acceptors (Lipinski definition) is 6. The second-order valence-electron chi connectivity index (χ2n) is 11.8. The van der Waals surface area contributed by atoms with Gasteiger partial charge >= 0.3 is 0 Å². The van der Waals surface area contributed by atoms with Gasteiger partial charge in [-0.05, 0) is 69.2 Å². The van der Waals surface area contributed by atoms with E-state index in [1.807, 2.05) is 31.2 Å². The molecule has 39 heavy (non-hydrogen) atoms. The van der Waals surface area contributed by atoms with Gasteiger partial charge in [-0.15, -0.1) is 11.8 Å². The summed E-state index contributed by atoms with van der Waals surface area (Å²) >= 11 is 1.67. The summed E-state index contributed by atoms with van der Waals surface area (Å²) in [6, 6.07) is 6.57. The van der Waals surface area contributed by atoms with Crippen molar-refractivity contribution in [2.45, 2.75) is 82.9 Å². The third-order valence-electron chi connectivity index (χ3n) is 8.89. The van der Waals surface area contributed by atoms with Crippen molar-refractivity contribution < 1.29 is 19.5 Å². The largest absolute Gasteiger partial charge is 0.394 e. The van der Waals surface area contributed by atoms with Crippen LogP contribution in [0.1, 0.15) is 60.8 Å². The van der Waals surface area contributed by atoms with Crippen LogP contribution in [-0.2, 0) is 14.4 Å². The lowest BCUT2D eigenvalue weighted by atomic mass is 9.66. The minimum Gasteiger partial charge on any atom is -0.394 e. The van der Waals surface area contributed by atoms with Crippen molar-refractivity contribution in [1.82, 2.24) is 10.2 Å². The van der Waals surface area contributed by atoms with Gasteiger partial charge in [0.1, 0.15) is 6.04 Å². The second-order valence-corrected chi connectivity index (χ2v) is 13.3. The molecule has 3 amide bonds. The highest BCUT2D eigenvalue weighted by Gasteiger charge is 2.76. The molecule has 0 aromatic heterocycles. The van der Waals surface area contributed by atoms with Crippen LogP contribution in [-0.4, -0.2) is 76.0 Å². The molecule has 3 fully saturated rings. The van der Waals surface area contributed by atoms with Gasteiger partial charge in [0, 0.05) is 36.3 Å². The van der Waals surface area contributed by atoms with Gasteiger partial charge in [-0.25, -0.2) is 0 Å². The summed E-state index contributed by atoms with van der Waals surface area (Å²) < 4.78 is -0.703. The van der Waals surface area contributed by atoms with Crippen LogP contribution in [0.4, 0.5) is 11.4 Å². The van der Waals surface area contributed by atoms with Crippen LogP contribution in [0, 0.1) is 23.7 Å². The predicted octanol–water partition coefficient (Wildman–Crippen LogP) is 3.74. The molecular weight excluding hydrogens is 512 g/mol. The lowest BCUT2D eigenvalue weighted by Gasteiger charge is -2.40. The van der Waals surface area contributed by atoms with Crippen LogP contribution in [0.5, 0.6) is 0 Å². The SMILES string of the molecule is CCCNC(=O)[C@@H]1[C@H]2C(=O)N([C@@H](CO)CC(C)C)C(C(=O)Nc3ccc(N(CC)CC)cc3)C23S[C@@H]1CC3C. The number of fused-ring (bicyclic) bond motifs is 1. The fourth-order valence-corrected chi connectivity index (χ4v) is 9.60. The Morgan fingerprint density at radius 1 is 1.15 bits per heavy atom. The zero-order chi connectivity index (χ0) is 28.5. The first kappa shape index (κ1) is 29.7. The van der Waals surface area contributed by atoms with E-state index in [0.717, 1.165) is 31.6 Å². The van der Waals surface area contributed by atoms with Crippen molar-refractivity contribution in [2.75, 3.05) is 36.5 Å². The van der Waals surface area contributed by atoms with E-state index in [4.69, 9.17) is 0 Å². The van der Waals surface area contributed by atoms with Gasteiger partial charge in [0.05, 0.1) is 29.2 Å². The Morgan fingerprint density at radius 3 is 2.38 bits per heavy atom. The molecule has 1 aromatic carbocycles. The number of carbonyl (C=O) groups excluding carboxylic acids is 3. The van der Waals surface area contributed by atoms with Crippen molar-refractivity contribution in [2.24, 2.45) is 23.7 Å². The summed E-state index contributed by atoms with van der Waals surface area (Å²) in [5.41, 5.74) is 1.76. The number of aliphatic hydroxyl groups excluding tert-OH is 1. The maximum absolute atomic E-state index is 14.3. The third-order valence-corrected chi connectivity index (χ3v) is 11.0. The minimum absolute atomic E-state index is 0.00860. The van der Waals surface area contributed by atoms with E-state index in [2.05, 4.69) is 50.2 Å². The highest BCUT2D eigenvalue weighted by molar-refractivity contribution is 8.02. The molecule has 1 spiro atoms. The maximum atomic E-state index is 14.3. The predicted molar refractivity (Wildman–Crippen MR) is 158 cm³/mol. The van der Waals surface area contributed by atoms with Crippen LogP contribution in [0.15, 0.2) is 24.3 Å². The van der Waals surface area contributed by atoms with E-state index in [1.165, 1.54) is 0 Å². The van der Waals surface area contributed by atoms with Crippen molar-refractivity contribution in [3.05, 3.63) is 24.3 Å². The first-order valence-corrected chi connectivity index (χ1v) is 15.6. The summed E-state index contributed by atoms with van der Waals surface area (Å²) in [6.07, 6.45) is 2.20. The molecule has 3 aliphatic heterocycles. The Hall–Kier alpha value is -2.26. The number of anilines is 2. The number of carbonyl (C=O) groups is 3. The number of nitrogens with one attached hydrogen (secondary N) is 2. The van der Waals surface area contributed by atoms with Gasteiger partial charge in [-0.1, -0.05) is 27.7 Å². The lowest BCUT2D eigenvalue weighted by molar-refractivity contribution is -0.142. The molecule has 1 aromatic rings. The molecule has 3 heterocycles. The molecule has 216 valence electrons. The smallest absolute Gasteiger partial charge is 0.248 e. The minimum atomic E-state index is -0.762. The molecule has 3 saturated heterocycles. The third kappa shape index (κ3) is 5.17. The van der Waals surface area contributed by atoms with Gasteiger partial charge in [-0.2, -0.15) is 0 Å². The number of hydrogen-bond donors (Lipinski definition) is 3. The van der Waals surface area contributed by atoms with Crippen molar-refractivity contribution >= 4 is 40.9 Å². The summed E-state index contributed by atoms with van der Waals surface area (Å²) in [4.78, 5) is 45.8. The molecule has 3 N–H and O–H groups in total. The van der Waals surface area contributed by atoms with Gasteiger partial charge < -0.3 is 25.5 Å². The molecule has 0 radical (unpaired) electrons. The lowest BCUT2D eigenvalue weighted by Crippen LogP contribution is -2.57. The Bertz CT molecular complexity index is 1050. The zero-order valence-electron chi connectivity index (χ0n) is 24.3. The van der Waals surface area contributed by atoms with Gasteiger partial charge in [-0.3, -0.25) is 14.4 Å². The Balaban J connectivity index is 1.71. The number of rotatable bonds is 12. The van der Waals surface area contributed by atoms with E-state index < -0.39 is 28.7 Å². The monoisotopic (exact) mass is 558 g/mol. The highest BCUT2D eigenvalue weighted by atomic mass is 32.2. The molecule has 9 heteroatoms. The molecule has 8 nitrogen and oxygen atoms in total. The number of aliphatic hydroxyl groups is 1. The van der Waals surface area contributed by atoms with Gasteiger partial charge in [0.2, 0.25) is 17.7 Å². The molecule has 3 unspecified atom stereocenters. The molecule has 0 saturated carbocycles. The molecule has 3 aliphatic rings. The van der Waals surface area contributed by atoms with E-state index in [0.29, 0.717) is 18.7 Å². The number of benzene rings is 1. The first-order chi connectivity index (χ1) is 18.6. The first-order valence-electron chi connectivity index (χ1n) is 14.7. The number of likely N-dealkylation sites (tertiary alicyclic amines) is 1. The Morgan fingerprint density at radius 2 is 1.82 bits per heavy atom. The van der Waals surface area contributed by atoms with Crippen LogP contribution in [0.2, 0.25) is 0 Å².